The fourth-order valence-corrected chi connectivity index (χ4v) is 3.71. The molecule has 3 rings (SSSR count). The molecule has 1 fully saturated rings. The van der Waals surface area contributed by atoms with Gasteiger partial charge in [0.05, 0.1) is 5.69 Å². The van der Waals surface area contributed by atoms with Crippen LogP contribution in [-0.2, 0) is 6.54 Å². The van der Waals surface area contributed by atoms with Crippen LogP contribution >= 0.6 is 11.3 Å². The predicted octanol–water partition coefficient (Wildman–Crippen LogP) is 3.64. The molecule has 1 atom stereocenters. The van der Waals surface area contributed by atoms with Crippen LogP contribution in [0.2, 0.25) is 0 Å². The van der Waals surface area contributed by atoms with Gasteiger partial charge in [0.1, 0.15) is 0 Å². The van der Waals surface area contributed by atoms with Crippen molar-refractivity contribution in [3.05, 3.63) is 47.0 Å². The first-order valence-electron chi connectivity index (χ1n) is 7.82. The molecule has 0 aliphatic carbocycles. The first-order valence-corrected chi connectivity index (χ1v) is 8.70. The lowest BCUT2D eigenvalue weighted by Gasteiger charge is -2.15. The SMILES string of the molecule is CCCNCc1csc(N2CCC(c3ccccc3)C2)n1. The van der Waals surface area contributed by atoms with E-state index in [0.29, 0.717) is 5.92 Å². The zero-order valence-electron chi connectivity index (χ0n) is 12.6. The van der Waals surface area contributed by atoms with Gasteiger partial charge in [0.2, 0.25) is 0 Å². The van der Waals surface area contributed by atoms with Crippen LogP contribution in [0.25, 0.3) is 0 Å². The van der Waals surface area contributed by atoms with E-state index >= 15 is 0 Å². The summed E-state index contributed by atoms with van der Waals surface area (Å²) >= 11 is 1.78. The van der Waals surface area contributed by atoms with Gasteiger partial charge in [0.25, 0.3) is 0 Å². The molecule has 112 valence electrons. The molecule has 1 aromatic carbocycles. The van der Waals surface area contributed by atoms with Crippen molar-refractivity contribution >= 4 is 16.5 Å². The molecule has 2 aromatic rings. The van der Waals surface area contributed by atoms with Gasteiger partial charge in [-0.05, 0) is 24.9 Å². The largest absolute Gasteiger partial charge is 0.347 e. The molecule has 0 spiro atoms. The lowest BCUT2D eigenvalue weighted by Crippen LogP contribution is -2.19. The number of benzene rings is 1. The molecule has 21 heavy (non-hydrogen) atoms. The van der Waals surface area contributed by atoms with Crippen molar-refractivity contribution in [2.75, 3.05) is 24.5 Å². The topological polar surface area (TPSA) is 28.2 Å². The highest BCUT2D eigenvalue weighted by molar-refractivity contribution is 7.13. The summed E-state index contributed by atoms with van der Waals surface area (Å²) in [6.45, 7) is 6.36. The number of thiazole rings is 1. The van der Waals surface area contributed by atoms with Crippen LogP contribution in [0, 0.1) is 0 Å². The Labute approximate surface area is 131 Å². The third-order valence-electron chi connectivity index (χ3n) is 4.00. The Kier molecular flexibility index (Phi) is 4.88. The van der Waals surface area contributed by atoms with Gasteiger partial charge in [-0.25, -0.2) is 4.98 Å². The van der Waals surface area contributed by atoms with Gasteiger partial charge in [-0.2, -0.15) is 0 Å². The second kappa shape index (κ2) is 7.05. The highest BCUT2D eigenvalue weighted by Crippen LogP contribution is 2.32. The summed E-state index contributed by atoms with van der Waals surface area (Å²) < 4.78 is 0. The molecule has 0 amide bonds. The van der Waals surface area contributed by atoms with Crippen LogP contribution in [-0.4, -0.2) is 24.6 Å². The van der Waals surface area contributed by atoms with Crippen molar-refractivity contribution < 1.29 is 0 Å². The molecule has 1 aromatic heterocycles. The second-order valence-electron chi connectivity index (χ2n) is 5.64. The summed E-state index contributed by atoms with van der Waals surface area (Å²) in [6, 6.07) is 10.9. The normalized spacial score (nSPS) is 18.3. The fourth-order valence-electron chi connectivity index (χ4n) is 2.85. The number of hydrogen-bond acceptors (Lipinski definition) is 4. The van der Waals surface area contributed by atoms with Crippen molar-refractivity contribution in [3.8, 4) is 0 Å². The van der Waals surface area contributed by atoms with E-state index in [-0.39, 0.29) is 0 Å². The predicted molar refractivity (Wildman–Crippen MR) is 90.1 cm³/mol. The Morgan fingerprint density at radius 3 is 3.00 bits per heavy atom. The Morgan fingerprint density at radius 1 is 1.33 bits per heavy atom. The Bertz CT molecular complexity index is 552. The van der Waals surface area contributed by atoms with E-state index in [0.717, 1.165) is 26.2 Å². The van der Waals surface area contributed by atoms with Crippen LogP contribution in [0.3, 0.4) is 0 Å². The number of aromatic nitrogens is 1. The molecule has 0 radical (unpaired) electrons. The zero-order valence-corrected chi connectivity index (χ0v) is 13.4. The quantitative estimate of drug-likeness (QED) is 0.826. The Morgan fingerprint density at radius 2 is 2.19 bits per heavy atom. The number of anilines is 1. The van der Waals surface area contributed by atoms with E-state index in [1.54, 1.807) is 11.3 Å². The molecule has 1 aliphatic rings. The van der Waals surface area contributed by atoms with Crippen LogP contribution < -0.4 is 10.2 Å². The number of nitrogens with zero attached hydrogens (tertiary/aromatic N) is 2. The summed E-state index contributed by atoms with van der Waals surface area (Å²) in [5.41, 5.74) is 2.63. The maximum absolute atomic E-state index is 4.77. The summed E-state index contributed by atoms with van der Waals surface area (Å²) in [6.07, 6.45) is 2.40. The van der Waals surface area contributed by atoms with Crippen LogP contribution in [0.4, 0.5) is 5.13 Å². The van der Waals surface area contributed by atoms with Gasteiger partial charge in [-0.3, -0.25) is 0 Å². The Hall–Kier alpha value is -1.39. The molecule has 4 heteroatoms. The minimum absolute atomic E-state index is 0.650. The zero-order chi connectivity index (χ0) is 14.5. The summed E-state index contributed by atoms with van der Waals surface area (Å²) in [4.78, 5) is 7.21. The number of rotatable bonds is 6. The number of nitrogens with one attached hydrogen (secondary N) is 1. The molecule has 0 bridgehead atoms. The molecule has 0 saturated carbocycles. The first-order chi connectivity index (χ1) is 10.4. The van der Waals surface area contributed by atoms with Crippen LogP contribution in [0.15, 0.2) is 35.7 Å². The van der Waals surface area contributed by atoms with Crippen molar-refractivity contribution in [1.29, 1.82) is 0 Å². The minimum atomic E-state index is 0.650. The molecule has 1 aliphatic heterocycles. The third-order valence-corrected chi connectivity index (χ3v) is 4.95. The fraction of sp³-hybridized carbons (Fsp3) is 0.471. The lowest BCUT2D eigenvalue weighted by molar-refractivity contribution is 0.666. The van der Waals surface area contributed by atoms with E-state index in [1.807, 2.05) is 0 Å². The van der Waals surface area contributed by atoms with Crippen LogP contribution in [0.1, 0.15) is 36.9 Å². The molecule has 3 nitrogen and oxygen atoms in total. The van der Waals surface area contributed by atoms with Crippen molar-refractivity contribution in [3.63, 3.8) is 0 Å². The van der Waals surface area contributed by atoms with Gasteiger partial charge in [0.15, 0.2) is 5.13 Å². The van der Waals surface area contributed by atoms with E-state index < -0.39 is 0 Å². The Balaban J connectivity index is 1.59. The van der Waals surface area contributed by atoms with Gasteiger partial charge >= 0.3 is 0 Å². The molecular weight excluding hydrogens is 278 g/mol. The molecule has 1 saturated heterocycles. The van der Waals surface area contributed by atoms with Gasteiger partial charge in [-0.1, -0.05) is 37.3 Å². The van der Waals surface area contributed by atoms with Crippen LogP contribution in [0.5, 0.6) is 0 Å². The minimum Gasteiger partial charge on any atom is -0.347 e. The first kappa shape index (κ1) is 14.5. The van der Waals surface area contributed by atoms with Crippen molar-refractivity contribution in [2.45, 2.75) is 32.2 Å². The average molecular weight is 301 g/mol. The maximum Gasteiger partial charge on any atom is 0.185 e. The van der Waals surface area contributed by atoms with E-state index in [9.17, 15) is 0 Å². The summed E-state index contributed by atoms with van der Waals surface area (Å²) in [5, 5.41) is 6.79. The molecule has 2 heterocycles. The van der Waals surface area contributed by atoms with Crippen molar-refractivity contribution in [1.82, 2.24) is 10.3 Å². The average Bonchev–Trinajstić information content (AvgIpc) is 3.17. The highest BCUT2D eigenvalue weighted by atomic mass is 32.1. The summed E-state index contributed by atoms with van der Waals surface area (Å²) in [5.74, 6) is 0.650. The van der Waals surface area contributed by atoms with Crippen molar-refractivity contribution in [2.24, 2.45) is 0 Å². The van der Waals surface area contributed by atoms with Gasteiger partial charge in [0, 0.05) is 30.9 Å². The smallest absolute Gasteiger partial charge is 0.185 e. The molecule has 1 N–H and O–H groups in total. The highest BCUT2D eigenvalue weighted by Gasteiger charge is 2.25. The van der Waals surface area contributed by atoms with E-state index in [1.165, 1.54) is 29.2 Å². The second-order valence-corrected chi connectivity index (χ2v) is 6.48. The standard InChI is InChI=1S/C17H23N3S/c1-2-9-18-11-16-13-21-17(19-16)20-10-8-15(12-20)14-6-4-3-5-7-14/h3-7,13,15,18H,2,8-12H2,1H3. The third kappa shape index (κ3) is 3.63. The molecular formula is C17H23N3S. The molecule has 1 unspecified atom stereocenters. The monoisotopic (exact) mass is 301 g/mol. The van der Waals surface area contributed by atoms with E-state index in [4.69, 9.17) is 4.98 Å². The van der Waals surface area contributed by atoms with E-state index in [2.05, 4.69) is 52.9 Å². The van der Waals surface area contributed by atoms with Gasteiger partial charge in [-0.15, -0.1) is 11.3 Å². The van der Waals surface area contributed by atoms with Gasteiger partial charge < -0.3 is 10.2 Å². The number of hydrogen-bond donors (Lipinski definition) is 1. The maximum atomic E-state index is 4.77. The lowest BCUT2D eigenvalue weighted by atomic mass is 9.99. The summed E-state index contributed by atoms with van der Waals surface area (Å²) in [7, 11) is 0.